The number of rotatable bonds is 4. The summed E-state index contributed by atoms with van der Waals surface area (Å²) in [5, 5.41) is 10.9. The predicted molar refractivity (Wildman–Crippen MR) is 65.5 cm³/mol. The summed E-state index contributed by atoms with van der Waals surface area (Å²) in [7, 11) is 0. The number of halogens is 1. The van der Waals surface area contributed by atoms with E-state index in [4.69, 9.17) is 16.3 Å². The van der Waals surface area contributed by atoms with Crippen LogP contribution in [0.3, 0.4) is 0 Å². The Kier molecular flexibility index (Phi) is 3.84. The van der Waals surface area contributed by atoms with Gasteiger partial charge >= 0.3 is 5.69 Å². The van der Waals surface area contributed by atoms with E-state index in [0.717, 1.165) is 31.2 Å². The molecule has 2 rings (SSSR count). The zero-order valence-corrected chi connectivity index (χ0v) is 10.2. The monoisotopic (exact) mass is 255 g/mol. The summed E-state index contributed by atoms with van der Waals surface area (Å²) in [5.41, 5.74) is 0.857. The second-order valence-electron chi connectivity index (χ2n) is 4.22. The highest BCUT2D eigenvalue weighted by molar-refractivity contribution is 6.17. The van der Waals surface area contributed by atoms with Crippen LogP contribution in [0.2, 0.25) is 0 Å². The summed E-state index contributed by atoms with van der Waals surface area (Å²) >= 11 is 5.72. The molecule has 4 nitrogen and oxygen atoms in total. The van der Waals surface area contributed by atoms with Gasteiger partial charge in [-0.1, -0.05) is 6.07 Å². The second kappa shape index (κ2) is 5.36. The Morgan fingerprint density at radius 3 is 2.71 bits per heavy atom. The minimum Gasteiger partial charge on any atom is -0.483 e. The van der Waals surface area contributed by atoms with Gasteiger partial charge in [-0.3, -0.25) is 10.1 Å². The van der Waals surface area contributed by atoms with Gasteiger partial charge in [0, 0.05) is 11.9 Å². The van der Waals surface area contributed by atoms with Crippen molar-refractivity contribution in [1.29, 1.82) is 0 Å². The average molecular weight is 256 g/mol. The Balaban J connectivity index is 2.24. The maximum Gasteiger partial charge on any atom is 0.310 e. The van der Waals surface area contributed by atoms with Gasteiger partial charge in [-0.05, 0) is 37.3 Å². The number of ether oxygens (including phenoxy) is 1. The van der Waals surface area contributed by atoms with Gasteiger partial charge in [0.2, 0.25) is 0 Å². The Labute approximate surface area is 105 Å². The second-order valence-corrected chi connectivity index (χ2v) is 4.48. The molecule has 17 heavy (non-hydrogen) atoms. The summed E-state index contributed by atoms with van der Waals surface area (Å²) in [5.74, 6) is 0.680. The first-order valence-corrected chi connectivity index (χ1v) is 6.24. The largest absolute Gasteiger partial charge is 0.483 e. The van der Waals surface area contributed by atoms with Gasteiger partial charge in [0.05, 0.1) is 11.0 Å². The predicted octanol–water partition coefficient (Wildman–Crippen LogP) is 3.66. The number of nitro benzene ring substituents is 1. The Bertz CT molecular complexity index is 416. The zero-order valence-electron chi connectivity index (χ0n) is 9.39. The third kappa shape index (κ3) is 2.88. The van der Waals surface area contributed by atoms with Crippen molar-refractivity contribution in [2.75, 3.05) is 0 Å². The van der Waals surface area contributed by atoms with Crippen molar-refractivity contribution in [3.05, 3.63) is 33.9 Å². The summed E-state index contributed by atoms with van der Waals surface area (Å²) in [6.07, 6.45) is 4.32. The normalized spacial score (nSPS) is 16.1. The van der Waals surface area contributed by atoms with E-state index in [2.05, 4.69) is 0 Å². The molecule has 0 N–H and O–H groups in total. The molecule has 0 aliphatic heterocycles. The SMILES string of the molecule is O=[N+]([O-])c1ccc(CCl)cc1OC1CCCC1. The highest BCUT2D eigenvalue weighted by atomic mass is 35.5. The molecule has 1 saturated carbocycles. The van der Waals surface area contributed by atoms with E-state index in [-0.39, 0.29) is 11.8 Å². The third-order valence-electron chi connectivity index (χ3n) is 2.97. The molecule has 0 bridgehead atoms. The van der Waals surface area contributed by atoms with E-state index < -0.39 is 4.92 Å². The van der Waals surface area contributed by atoms with Gasteiger partial charge in [0.1, 0.15) is 0 Å². The van der Waals surface area contributed by atoms with Crippen molar-refractivity contribution in [2.45, 2.75) is 37.7 Å². The molecule has 0 unspecified atom stereocenters. The average Bonchev–Trinajstić information content (AvgIpc) is 2.81. The van der Waals surface area contributed by atoms with Crippen molar-refractivity contribution in [1.82, 2.24) is 0 Å². The molecule has 0 saturated heterocycles. The highest BCUT2D eigenvalue weighted by Gasteiger charge is 2.22. The molecule has 1 aliphatic rings. The molecule has 0 heterocycles. The minimum atomic E-state index is -0.414. The topological polar surface area (TPSA) is 52.4 Å². The first-order chi connectivity index (χ1) is 8.20. The van der Waals surface area contributed by atoms with Crippen molar-refractivity contribution in [3.8, 4) is 5.75 Å². The molecule has 0 spiro atoms. The van der Waals surface area contributed by atoms with Gasteiger partial charge in [-0.2, -0.15) is 0 Å². The lowest BCUT2D eigenvalue weighted by Gasteiger charge is -2.13. The van der Waals surface area contributed by atoms with E-state index in [1.54, 1.807) is 12.1 Å². The third-order valence-corrected chi connectivity index (χ3v) is 3.28. The summed E-state index contributed by atoms with van der Waals surface area (Å²) in [6.45, 7) is 0. The molecule has 1 aromatic rings. The molecule has 1 aliphatic carbocycles. The van der Waals surface area contributed by atoms with Crippen molar-refractivity contribution in [2.24, 2.45) is 0 Å². The van der Waals surface area contributed by atoms with Gasteiger partial charge in [-0.25, -0.2) is 0 Å². The lowest BCUT2D eigenvalue weighted by Crippen LogP contribution is -2.12. The lowest BCUT2D eigenvalue weighted by atomic mass is 10.2. The fourth-order valence-corrected chi connectivity index (χ4v) is 2.24. The molecule has 0 amide bonds. The van der Waals surface area contributed by atoms with Gasteiger partial charge in [-0.15, -0.1) is 11.6 Å². The first kappa shape index (κ1) is 12.2. The van der Waals surface area contributed by atoms with Crippen LogP contribution < -0.4 is 4.74 Å². The zero-order chi connectivity index (χ0) is 12.3. The van der Waals surface area contributed by atoms with Crippen LogP contribution in [-0.4, -0.2) is 11.0 Å². The van der Waals surface area contributed by atoms with Gasteiger partial charge in [0.15, 0.2) is 5.75 Å². The summed E-state index contributed by atoms with van der Waals surface area (Å²) in [6, 6.07) is 4.79. The number of nitro groups is 1. The van der Waals surface area contributed by atoms with Gasteiger partial charge < -0.3 is 4.74 Å². The number of hydrogen-bond donors (Lipinski definition) is 0. The molecular weight excluding hydrogens is 242 g/mol. The quantitative estimate of drug-likeness (QED) is 0.469. The highest BCUT2D eigenvalue weighted by Crippen LogP contribution is 2.32. The first-order valence-electron chi connectivity index (χ1n) is 5.70. The van der Waals surface area contributed by atoms with E-state index in [1.807, 2.05) is 0 Å². The van der Waals surface area contributed by atoms with Gasteiger partial charge in [0.25, 0.3) is 0 Å². The van der Waals surface area contributed by atoms with Crippen LogP contribution in [0.5, 0.6) is 5.75 Å². The van der Waals surface area contributed by atoms with Crippen LogP contribution in [0.15, 0.2) is 18.2 Å². The maximum absolute atomic E-state index is 10.9. The van der Waals surface area contributed by atoms with E-state index >= 15 is 0 Å². The molecule has 92 valence electrons. The molecule has 1 fully saturated rings. The summed E-state index contributed by atoms with van der Waals surface area (Å²) < 4.78 is 5.71. The minimum absolute atomic E-state index is 0.0192. The van der Waals surface area contributed by atoms with Crippen LogP contribution in [0.25, 0.3) is 0 Å². The standard InChI is InChI=1S/C12H14ClNO3/c13-8-9-5-6-11(14(15)16)12(7-9)17-10-3-1-2-4-10/h5-7,10H,1-4,8H2. The smallest absolute Gasteiger partial charge is 0.310 e. The molecule has 1 aromatic carbocycles. The van der Waals surface area contributed by atoms with E-state index in [0.29, 0.717) is 11.6 Å². The molecular formula is C12H14ClNO3. The maximum atomic E-state index is 10.9. The van der Waals surface area contributed by atoms with Crippen LogP contribution in [-0.2, 0) is 5.88 Å². The number of hydrogen-bond acceptors (Lipinski definition) is 3. The van der Waals surface area contributed by atoms with Crippen molar-refractivity contribution < 1.29 is 9.66 Å². The Morgan fingerprint density at radius 1 is 1.41 bits per heavy atom. The Hall–Kier alpha value is -1.29. The Morgan fingerprint density at radius 2 is 2.12 bits per heavy atom. The van der Waals surface area contributed by atoms with E-state index in [9.17, 15) is 10.1 Å². The number of benzene rings is 1. The van der Waals surface area contributed by atoms with E-state index in [1.165, 1.54) is 6.07 Å². The van der Waals surface area contributed by atoms with Crippen LogP contribution in [0.1, 0.15) is 31.2 Å². The summed E-state index contributed by atoms with van der Waals surface area (Å²) in [4.78, 5) is 10.5. The fourth-order valence-electron chi connectivity index (χ4n) is 2.07. The van der Waals surface area contributed by atoms with Crippen LogP contribution >= 0.6 is 11.6 Å². The molecule has 0 aromatic heterocycles. The van der Waals surface area contributed by atoms with Crippen LogP contribution in [0.4, 0.5) is 5.69 Å². The molecule has 0 atom stereocenters. The molecule has 0 radical (unpaired) electrons. The van der Waals surface area contributed by atoms with Crippen LogP contribution in [0, 0.1) is 10.1 Å². The lowest BCUT2D eigenvalue weighted by molar-refractivity contribution is -0.386. The van der Waals surface area contributed by atoms with Crippen molar-refractivity contribution in [3.63, 3.8) is 0 Å². The van der Waals surface area contributed by atoms with Crippen molar-refractivity contribution >= 4 is 17.3 Å². The number of nitrogens with zero attached hydrogens (tertiary/aromatic N) is 1. The number of alkyl halides is 1. The fraction of sp³-hybridized carbons (Fsp3) is 0.500. The molecule has 5 heteroatoms.